The van der Waals surface area contributed by atoms with Crippen molar-refractivity contribution in [3.63, 3.8) is 0 Å². The predicted octanol–water partition coefficient (Wildman–Crippen LogP) is 1.53. The van der Waals surface area contributed by atoms with E-state index in [1.807, 2.05) is 11.5 Å². The summed E-state index contributed by atoms with van der Waals surface area (Å²) in [5.41, 5.74) is 0.813. The molecule has 0 radical (unpaired) electrons. The molecule has 1 heterocycles. The topological polar surface area (TPSA) is 47.3 Å². The van der Waals surface area contributed by atoms with E-state index in [9.17, 15) is 5.11 Å². The Balaban J connectivity index is 2.68. The van der Waals surface area contributed by atoms with Crippen LogP contribution >= 0.6 is 0 Å². The van der Waals surface area contributed by atoms with Gasteiger partial charge in [0.15, 0.2) is 0 Å². The highest BCUT2D eigenvalue weighted by Gasteiger charge is 2.14. The molecule has 1 aromatic heterocycles. The van der Waals surface area contributed by atoms with E-state index in [1.165, 1.54) is 0 Å². The lowest BCUT2D eigenvalue weighted by atomic mass is 10.2. The van der Waals surface area contributed by atoms with Gasteiger partial charge in [0, 0.05) is 12.6 Å². The Kier molecular flexibility index (Phi) is 4.10. The summed E-state index contributed by atoms with van der Waals surface area (Å²) in [5.74, 6) is 0. The zero-order valence-corrected chi connectivity index (χ0v) is 8.97. The minimum atomic E-state index is -0.583. The average Bonchev–Trinajstić information content (AvgIpc) is 2.62. The number of aromatic nitrogens is 2. The molecule has 0 aliphatic heterocycles. The van der Waals surface area contributed by atoms with Crippen molar-refractivity contribution in [2.24, 2.45) is 0 Å². The molecular formula is C10H18N2O2. The molecule has 0 saturated carbocycles. The third-order valence-electron chi connectivity index (χ3n) is 2.07. The Morgan fingerprint density at radius 2 is 2.29 bits per heavy atom. The number of imidazole rings is 1. The van der Waals surface area contributed by atoms with E-state index >= 15 is 0 Å². The zero-order chi connectivity index (χ0) is 10.6. The second kappa shape index (κ2) is 5.12. The van der Waals surface area contributed by atoms with Crippen LogP contribution in [0.2, 0.25) is 0 Å². The summed E-state index contributed by atoms with van der Waals surface area (Å²) in [5, 5.41) is 9.78. The molecule has 0 fully saturated rings. The first kappa shape index (κ1) is 11.2. The van der Waals surface area contributed by atoms with Gasteiger partial charge in [0.1, 0.15) is 6.10 Å². The lowest BCUT2D eigenvalue weighted by Crippen LogP contribution is -2.13. The van der Waals surface area contributed by atoms with Gasteiger partial charge in [-0.25, -0.2) is 4.98 Å². The van der Waals surface area contributed by atoms with E-state index in [2.05, 4.69) is 18.8 Å². The van der Waals surface area contributed by atoms with Gasteiger partial charge in [-0.15, -0.1) is 0 Å². The lowest BCUT2D eigenvalue weighted by molar-refractivity contribution is 0.0373. The standard InChI is InChI=1S/C10H18N2O2/c1-4-14-6-10(13)9-5-11-7-12(9)8(2)3/h5,7-8,10,13H,4,6H2,1-3H3. The summed E-state index contributed by atoms with van der Waals surface area (Å²) in [6.45, 7) is 6.96. The Morgan fingerprint density at radius 3 is 2.86 bits per heavy atom. The molecule has 0 bridgehead atoms. The molecule has 80 valence electrons. The number of ether oxygens (including phenoxy) is 1. The molecule has 1 atom stereocenters. The molecule has 1 rings (SSSR count). The second-order valence-electron chi connectivity index (χ2n) is 3.49. The van der Waals surface area contributed by atoms with Crippen LogP contribution in [0.1, 0.15) is 38.6 Å². The van der Waals surface area contributed by atoms with Crippen LogP contribution in [0.25, 0.3) is 0 Å². The molecular weight excluding hydrogens is 180 g/mol. The van der Waals surface area contributed by atoms with Crippen LogP contribution in [-0.2, 0) is 4.74 Å². The maximum atomic E-state index is 9.78. The van der Waals surface area contributed by atoms with Gasteiger partial charge in [0.05, 0.1) is 24.8 Å². The molecule has 0 aliphatic rings. The van der Waals surface area contributed by atoms with Crippen LogP contribution in [0.15, 0.2) is 12.5 Å². The average molecular weight is 198 g/mol. The summed E-state index contributed by atoms with van der Waals surface area (Å²) in [7, 11) is 0. The van der Waals surface area contributed by atoms with Crippen molar-refractivity contribution in [2.45, 2.75) is 32.9 Å². The molecule has 1 unspecified atom stereocenters. The van der Waals surface area contributed by atoms with Crippen molar-refractivity contribution in [3.05, 3.63) is 18.2 Å². The minimum absolute atomic E-state index is 0.309. The maximum absolute atomic E-state index is 9.78. The van der Waals surface area contributed by atoms with Crippen LogP contribution in [0.4, 0.5) is 0 Å². The Morgan fingerprint density at radius 1 is 1.57 bits per heavy atom. The molecule has 0 amide bonds. The van der Waals surface area contributed by atoms with E-state index in [4.69, 9.17) is 4.74 Å². The summed E-state index contributed by atoms with van der Waals surface area (Å²) >= 11 is 0. The Bertz CT molecular complexity index is 271. The lowest BCUT2D eigenvalue weighted by Gasteiger charge is -2.16. The fourth-order valence-electron chi connectivity index (χ4n) is 1.32. The third kappa shape index (κ3) is 2.56. The number of aliphatic hydroxyl groups is 1. The van der Waals surface area contributed by atoms with E-state index in [0.29, 0.717) is 19.3 Å². The van der Waals surface area contributed by atoms with Crippen molar-refractivity contribution in [1.82, 2.24) is 9.55 Å². The van der Waals surface area contributed by atoms with Crippen LogP contribution in [-0.4, -0.2) is 27.9 Å². The first-order valence-electron chi connectivity index (χ1n) is 4.94. The normalized spacial score (nSPS) is 13.5. The van der Waals surface area contributed by atoms with Crippen LogP contribution < -0.4 is 0 Å². The fourth-order valence-corrected chi connectivity index (χ4v) is 1.32. The second-order valence-corrected chi connectivity index (χ2v) is 3.49. The van der Waals surface area contributed by atoms with Crippen LogP contribution in [0, 0.1) is 0 Å². The van der Waals surface area contributed by atoms with E-state index in [-0.39, 0.29) is 0 Å². The molecule has 1 N–H and O–H groups in total. The highest BCUT2D eigenvalue weighted by molar-refractivity contribution is 5.03. The van der Waals surface area contributed by atoms with Gasteiger partial charge in [0.25, 0.3) is 0 Å². The van der Waals surface area contributed by atoms with Gasteiger partial charge >= 0.3 is 0 Å². The number of rotatable bonds is 5. The zero-order valence-electron chi connectivity index (χ0n) is 8.97. The Hall–Kier alpha value is -0.870. The molecule has 0 aromatic carbocycles. The first-order chi connectivity index (χ1) is 6.66. The quantitative estimate of drug-likeness (QED) is 0.780. The van der Waals surface area contributed by atoms with Gasteiger partial charge in [-0.3, -0.25) is 0 Å². The summed E-state index contributed by atoms with van der Waals surface area (Å²) in [4.78, 5) is 4.02. The molecule has 0 saturated heterocycles. The van der Waals surface area contributed by atoms with Crippen molar-refractivity contribution in [3.8, 4) is 0 Å². The number of hydrogen-bond acceptors (Lipinski definition) is 3. The minimum Gasteiger partial charge on any atom is -0.384 e. The van der Waals surface area contributed by atoms with Gasteiger partial charge in [0.2, 0.25) is 0 Å². The summed E-state index contributed by atoms with van der Waals surface area (Å²) in [6.07, 6.45) is 2.83. The molecule has 0 aliphatic carbocycles. The van der Waals surface area contributed by atoms with Gasteiger partial charge in [-0.05, 0) is 20.8 Å². The first-order valence-corrected chi connectivity index (χ1v) is 4.94. The van der Waals surface area contributed by atoms with E-state index < -0.39 is 6.10 Å². The molecule has 0 spiro atoms. The fraction of sp³-hybridized carbons (Fsp3) is 0.700. The largest absolute Gasteiger partial charge is 0.384 e. The van der Waals surface area contributed by atoms with E-state index in [0.717, 1.165) is 5.69 Å². The molecule has 4 heteroatoms. The van der Waals surface area contributed by atoms with Crippen LogP contribution in [0.5, 0.6) is 0 Å². The van der Waals surface area contributed by atoms with Crippen LogP contribution in [0.3, 0.4) is 0 Å². The smallest absolute Gasteiger partial charge is 0.119 e. The number of hydrogen-bond donors (Lipinski definition) is 1. The van der Waals surface area contributed by atoms with Gasteiger partial charge in [-0.1, -0.05) is 0 Å². The van der Waals surface area contributed by atoms with Crippen molar-refractivity contribution < 1.29 is 9.84 Å². The third-order valence-corrected chi connectivity index (χ3v) is 2.07. The number of aliphatic hydroxyl groups excluding tert-OH is 1. The Labute approximate surface area is 84.5 Å². The predicted molar refractivity (Wildman–Crippen MR) is 54.1 cm³/mol. The monoisotopic (exact) mass is 198 g/mol. The summed E-state index contributed by atoms with van der Waals surface area (Å²) < 4.78 is 7.11. The highest BCUT2D eigenvalue weighted by Crippen LogP contribution is 2.16. The SMILES string of the molecule is CCOCC(O)c1cncn1C(C)C. The van der Waals surface area contributed by atoms with Crippen molar-refractivity contribution in [1.29, 1.82) is 0 Å². The maximum Gasteiger partial charge on any atom is 0.119 e. The van der Waals surface area contributed by atoms with Crippen molar-refractivity contribution in [2.75, 3.05) is 13.2 Å². The number of nitrogens with zero attached hydrogens (tertiary/aromatic N) is 2. The summed E-state index contributed by atoms with van der Waals surface area (Å²) in [6, 6.07) is 0.309. The van der Waals surface area contributed by atoms with Crippen molar-refractivity contribution >= 4 is 0 Å². The molecule has 1 aromatic rings. The molecule has 14 heavy (non-hydrogen) atoms. The molecule has 4 nitrogen and oxygen atoms in total. The van der Waals surface area contributed by atoms with E-state index in [1.54, 1.807) is 12.5 Å². The van der Waals surface area contributed by atoms with Gasteiger partial charge in [-0.2, -0.15) is 0 Å². The highest BCUT2D eigenvalue weighted by atomic mass is 16.5. The van der Waals surface area contributed by atoms with Gasteiger partial charge < -0.3 is 14.4 Å².